The van der Waals surface area contributed by atoms with Gasteiger partial charge in [-0.1, -0.05) is 88.4 Å². The number of aliphatic hydroxyl groups is 1. The van der Waals surface area contributed by atoms with Crippen LogP contribution in [0.25, 0.3) is 0 Å². The average molecular weight is 2040 g/mol. The largest absolute Gasteiger partial charge is 0.473 e. The molecule has 0 atom stereocenters. The Balaban J connectivity index is -0.000000481. The first-order valence-electron chi connectivity index (χ1n) is 20.3. The average Bonchev–Trinajstić information content (AvgIpc) is 3.70. The molecule has 488 valence electrons. The lowest BCUT2D eigenvalue weighted by Crippen LogP contribution is -2.01. The summed E-state index contributed by atoms with van der Waals surface area (Å²) < 4.78 is 5.65. The summed E-state index contributed by atoms with van der Waals surface area (Å²) in [5.74, 6) is 2.24. The maximum atomic E-state index is 8.54. The highest BCUT2D eigenvalue weighted by molar-refractivity contribution is 8.80. The van der Waals surface area contributed by atoms with Crippen LogP contribution in [0.4, 0.5) is 0 Å². The van der Waals surface area contributed by atoms with Crippen LogP contribution in [0.3, 0.4) is 0 Å². The van der Waals surface area contributed by atoms with Crippen LogP contribution < -0.4 is 4.74 Å². The summed E-state index contributed by atoms with van der Waals surface area (Å²) in [6, 6.07) is 19.6. The number of ether oxygens (including phenoxy) is 1. The second-order valence-corrected chi connectivity index (χ2v) is 84.7. The smallest absolute Gasteiger partial charge is 0.219 e. The van der Waals surface area contributed by atoms with Crippen LogP contribution in [-0.2, 0) is 453 Å². The first-order valence-corrected chi connectivity index (χ1v) is 80.3. The zero-order valence-corrected chi connectivity index (χ0v) is 82.8. The van der Waals surface area contributed by atoms with E-state index in [0.717, 1.165) is 39.6 Å². The summed E-state index contributed by atoms with van der Waals surface area (Å²) >= 11 is 27.9. The molecule has 54 heteroatoms. The van der Waals surface area contributed by atoms with Gasteiger partial charge in [-0.15, -0.1) is 0 Å². The molecule has 4 aromatic rings. The lowest BCUT2D eigenvalue weighted by molar-refractivity contribution is 0.282. The fourth-order valence-corrected chi connectivity index (χ4v) is 102. The third-order valence-electron chi connectivity index (χ3n) is 5.72. The number of benzene rings is 2. The first-order chi connectivity index (χ1) is 41.6. The van der Waals surface area contributed by atoms with Crippen molar-refractivity contribution >= 4 is 440 Å². The summed E-state index contributed by atoms with van der Waals surface area (Å²) in [5.41, 5.74) is 5.29. The zero-order valence-electron chi connectivity index (χ0n) is 43.6. The van der Waals surface area contributed by atoms with Gasteiger partial charge in [-0.25, -0.2) is 15.0 Å². The molecule has 0 saturated carbocycles. The van der Waals surface area contributed by atoms with Gasteiger partial charge in [-0.3, -0.25) is 0 Å². The van der Waals surface area contributed by atoms with Crippen molar-refractivity contribution < 1.29 is 9.84 Å². The van der Waals surface area contributed by atoms with E-state index in [9.17, 15) is 0 Å². The maximum absolute atomic E-state index is 8.54. The molecule has 2 aromatic carbocycles. The number of aryl methyl sites for hydroxylation is 5. The summed E-state index contributed by atoms with van der Waals surface area (Å²) in [7, 11) is 71.1. The van der Waals surface area contributed by atoms with Gasteiger partial charge in [0.15, 0.2) is 0 Å². The zero-order chi connectivity index (χ0) is 63.8. The van der Waals surface area contributed by atoms with E-state index >= 15 is 0 Å². The summed E-state index contributed by atoms with van der Waals surface area (Å²) in [4.78, 5) is 16.5. The van der Waals surface area contributed by atoms with E-state index in [1.54, 1.807) is 317 Å². The van der Waals surface area contributed by atoms with E-state index in [2.05, 4.69) is 42.3 Å². The van der Waals surface area contributed by atoms with E-state index in [0.29, 0.717) is 12.5 Å². The van der Waals surface area contributed by atoms with Crippen LogP contribution >= 0.6 is 0 Å². The van der Waals surface area contributed by atoms with Gasteiger partial charge >= 0.3 is 0 Å². The van der Waals surface area contributed by atoms with Crippen LogP contribution in [0.5, 0.6) is 5.88 Å². The third kappa shape index (κ3) is 79.8. The molecule has 0 spiro atoms. The monoisotopic (exact) mass is 2040 g/mol. The van der Waals surface area contributed by atoms with Crippen LogP contribution in [0.1, 0.15) is 67.3 Å². The molecule has 2 aromatic heterocycles. The predicted molar refractivity (Wildman–Crippen MR) is 507 cm³/mol. The number of hydrogen-bond acceptors (Lipinski definition) is 12. The highest BCUT2D eigenvalue weighted by Crippen LogP contribution is 2.14. The second kappa shape index (κ2) is 87.0. The molecule has 0 bridgehead atoms. The minimum Gasteiger partial charge on any atom is -0.473 e. The quantitative estimate of drug-likeness (QED) is 0.225. The van der Waals surface area contributed by atoms with Crippen LogP contribution in [0, 0.1) is 34.6 Å². The molecule has 2 heterocycles. The number of rotatable bonds is 4. The summed E-state index contributed by atoms with van der Waals surface area (Å²) in [6.45, 7) is 18.4. The summed E-state index contributed by atoms with van der Waals surface area (Å²) in [6.07, 6.45) is 3.63. The SMILES string of the molecule is CC.CC.Cc1ncc(C)c(C)n1.Cc1ncc(C)c(OCc2ccccc2)n1.OCc1ccccc1.S=S=S=S=S.S=S=S=S=S=S=S=S=S=S=S=S=S=S=S=S=S=S=S=S=S.S=S=S=S=S=S=S=S=S=S=S=S=S=S=S=S=S=S=S=S=S=S. The highest BCUT2D eigenvalue weighted by Gasteiger charge is 2.02. The molecule has 85 heavy (non-hydrogen) atoms. The van der Waals surface area contributed by atoms with E-state index in [1.807, 2.05) is 129 Å². The Hall–Kier alpha value is 6.92. The molecule has 6 nitrogen and oxygen atoms in total. The highest BCUT2D eigenvalue weighted by atomic mass is 33.5. The van der Waals surface area contributed by atoms with Crippen LogP contribution in [0.15, 0.2) is 73.1 Å². The van der Waals surface area contributed by atoms with Crippen molar-refractivity contribution in [2.75, 3.05) is 0 Å². The lowest BCUT2D eigenvalue weighted by Gasteiger charge is -2.07. The van der Waals surface area contributed by atoms with Gasteiger partial charge in [-0.05, 0) is 51.3 Å². The maximum Gasteiger partial charge on any atom is 0.219 e. The van der Waals surface area contributed by atoms with Gasteiger partial charge in [0.25, 0.3) is 0 Å². The molecule has 0 saturated heterocycles. The fraction of sp³-hybridized carbons (Fsp3) is 0.355. The van der Waals surface area contributed by atoms with Crippen molar-refractivity contribution in [3.05, 3.63) is 113 Å². The van der Waals surface area contributed by atoms with Gasteiger partial charge < -0.3 is 9.84 Å². The normalized spacial score (nSPS) is 8.02. The van der Waals surface area contributed by atoms with E-state index in [4.69, 9.17) is 54.6 Å². The molecule has 4 rings (SSSR count). The predicted octanol–water partition coefficient (Wildman–Crippen LogP) is 7.19. The molecule has 0 fully saturated rings. The molecular formula is C31H44N4O2S48. The number of hydrogen-bond donors (Lipinski definition) is 1. The Morgan fingerprint density at radius 2 is 0.576 bits per heavy atom. The first kappa shape index (κ1) is 98.3. The van der Waals surface area contributed by atoms with E-state index < -0.39 is 0 Å². The number of aliphatic hydroxyl groups excluding tert-OH is 1. The molecule has 0 aliphatic heterocycles. The van der Waals surface area contributed by atoms with Gasteiger partial charge in [-0.2, -0.15) is 4.98 Å². The molecule has 0 aliphatic carbocycles. The standard InChI is InChI=1S/C13H14N2O.C7H10N2.C7H8O.2C2H6.S22.S21.S5/c1-10-8-14-11(2)15-13(10)16-9-12-6-4-3-5-7-12;1-5-4-8-7(3)9-6(5)2;8-6-7-4-2-1-3-5-7;2*1-2;1-3-5-7-9-11-13-15-17-19-21-22-20-18-16-14-12-10-8-6-4-2;1-3-5-7-9-11-13-15-17-19-21-20-18-16-14-12-10-8-6-4-2;1-3-5-4-2/h3-8H,9H2,1-2H3;4H,1-3H3;1-5,8H,6H2;2*1-2H3;;;. The fourth-order valence-electron chi connectivity index (χ4n) is 3.02. The summed E-state index contributed by atoms with van der Waals surface area (Å²) in [5, 5.41) is 8.54. The van der Waals surface area contributed by atoms with Gasteiger partial charge in [0, 0.05) is 464 Å². The third-order valence-corrected chi connectivity index (χ3v) is 92.4. The molecule has 0 radical (unpaired) electrons. The van der Waals surface area contributed by atoms with E-state index in [-0.39, 0.29) is 6.61 Å². The Morgan fingerprint density at radius 3 is 0.800 bits per heavy atom. The Kier molecular flexibility index (Phi) is 101. The Bertz CT molecular complexity index is 4480. The molecule has 1 N–H and O–H groups in total. The van der Waals surface area contributed by atoms with Crippen molar-refractivity contribution in [2.24, 2.45) is 0 Å². The minimum absolute atomic E-state index is 0.140. The topological polar surface area (TPSA) is 81.0 Å². The number of nitrogens with zero attached hydrogens (tertiary/aromatic N) is 4. The van der Waals surface area contributed by atoms with Crippen molar-refractivity contribution in [1.29, 1.82) is 0 Å². The number of aromatic nitrogens is 4. The van der Waals surface area contributed by atoms with Gasteiger partial charge in [0.05, 0.1) is 6.61 Å². The Morgan fingerprint density at radius 1 is 0.329 bits per heavy atom. The Labute approximate surface area is 649 Å². The molecule has 0 unspecified atom stereocenters. The van der Waals surface area contributed by atoms with Crippen LogP contribution in [-0.4, -0.2) is 25.0 Å². The van der Waals surface area contributed by atoms with E-state index in [1.165, 1.54) is 62.2 Å². The second-order valence-electron chi connectivity index (χ2n) is 10.4. The van der Waals surface area contributed by atoms with Gasteiger partial charge in [0.1, 0.15) is 18.3 Å². The van der Waals surface area contributed by atoms with Crippen molar-refractivity contribution in [3.8, 4) is 5.88 Å². The molecule has 0 aliphatic rings. The molecular weight excluding hydrogens is 2000 g/mol. The minimum atomic E-state index is 0.140. The van der Waals surface area contributed by atoms with Crippen molar-refractivity contribution in [2.45, 2.75) is 75.5 Å². The molecule has 0 amide bonds. The van der Waals surface area contributed by atoms with Crippen LogP contribution in [0.2, 0.25) is 0 Å². The van der Waals surface area contributed by atoms with Crippen molar-refractivity contribution in [3.63, 3.8) is 0 Å². The lowest BCUT2D eigenvalue weighted by atomic mass is 10.2. The van der Waals surface area contributed by atoms with Crippen molar-refractivity contribution in [1.82, 2.24) is 19.9 Å². The van der Waals surface area contributed by atoms with Gasteiger partial charge in [0.2, 0.25) is 5.88 Å².